The molecular formula is C22H15NO2. The van der Waals surface area contributed by atoms with Gasteiger partial charge in [-0.25, -0.2) is 0 Å². The van der Waals surface area contributed by atoms with Gasteiger partial charge in [0.25, 0.3) is 5.78 Å². The molecule has 0 spiro atoms. The van der Waals surface area contributed by atoms with E-state index in [1.54, 1.807) is 0 Å². The van der Waals surface area contributed by atoms with Crippen molar-refractivity contribution in [3.8, 4) is 0 Å². The monoisotopic (exact) mass is 325 g/mol. The van der Waals surface area contributed by atoms with Crippen molar-refractivity contribution in [2.45, 2.75) is 0 Å². The van der Waals surface area contributed by atoms with Gasteiger partial charge in [0.2, 0.25) is 0 Å². The molecule has 1 heterocycles. The van der Waals surface area contributed by atoms with Crippen LogP contribution in [0.2, 0.25) is 0 Å². The van der Waals surface area contributed by atoms with Gasteiger partial charge in [-0.1, -0.05) is 78.9 Å². The maximum absolute atomic E-state index is 12.8. The van der Waals surface area contributed by atoms with E-state index in [4.69, 9.17) is 0 Å². The van der Waals surface area contributed by atoms with Crippen LogP contribution in [0.15, 0.2) is 91.0 Å². The van der Waals surface area contributed by atoms with E-state index >= 15 is 0 Å². The van der Waals surface area contributed by atoms with Crippen molar-refractivity contribution in [1.82, 2.24) is 0 Å². The molecule has 4 rings (SSSR count). The van der Waals surface area contributed by atoms with Crippen LogP contribution in [0.3, 0.4) is 0 Å². The van der Waals surface area contributed by atoms with Gasteiger partial charge in [0.1, 0.15) is 0 Å². The summed E-state index contributed by atoms with van der Waals surface area (Å²) in [4.78, 5) is 27.1. The van der Waals surface area contributed by atoms with E-state index in [9.17, 15) is 9.59 Å². The number of benzene rings is 3. The first-order chi connectivity index (χ1) is 12.3. The highest BCUT2D eigenvalue weighted by molar-refractivity contribution is 6.65. The molecular weight excluding hydrogens is 310 g/mol. The fourth-order valence-corrected chi connectivity index (χ4v) is 3.09. The van der Waals surface area contributed by atoms with Gasteiger partial charge in [0, 0.05) is 5.69 Å². The Hall–Kier alpha value is -3.46. The van der Waals surface area contributed by atoms with Crippen molar-refractivity contribution in [2.75, 3.05) is 4.90 Å². The average Bonchev–Trinajstić information content (AvgIpc) is 2.95. The largest absolute Gasteiger partial charge is 0.304 e. The quantitative estimate of drug-likeness (QED) is 0.678. The fourth-order valence-electron chi connectivity index (χ4n) is 3.09. The molecule has 0 radical (unpaired) electrons. The van der Waals surface area contributed by atoms with Gasteiger partial charge >= 0.3 is 5.91 Å². The number of carbonyl (C=O) groups excluding carboxylic acids is 2. The van der Waals surface area contributed by atoms with Crippen LogP contribution in [0.5, 0.6) is 0 Å². The molecule has 3 nitrogen and oxygen atoms in total. The first-order valence-electron chi connectivity index (χ1n) is 8.06. The van der Waals surface area contributed by atoms with Gasteiger partial charge < -0.3 is 0 Å². The Bertz CT molecular complexity index is 961. The summed E-state index contributed by atoms with van der Waals surface area (Å²) in [5.41, 5.74) is 3.35. The van der Waals surface area contributed by atoms with E-state index in [1.165, 1.54) is 4.90 Å². The Morgan fingerprint density at radius 1 is 0.560 bits per heavy atom. The molecule has 3 heteroatoms. The van der Waals surface area contributed by atoms with Crippen molar-refractivity contribution in [1.29, 1.82) is 0 Å². The van der Waals surface area contributed by atoms with Crippen LogP contribution < -0.4 is 4.90 Å². The van der Waals surface area contributed by atoms with E-state index in [1.807, 2.05) is 91.0 Å². The maximum Gasteiger partial charge on any atom is 0.304 e. The SMILES string of the molecule is O=C1C(=O)N(c2ccccc2)C(c2ccccc2)=C1c1ccccc1. The van der Waals surface area contributed by atoms with E-state index in [0.29, 0.717) is 17.0 Å². The Balaban J connectivity index is 2.00. The molecule has 1 aliphatic heterocycles. The Morgan fingerprint density at radius 3 is 1.60 bits per heavy atom. The zero-order valence-electron chi connectivity index (χ0n) is 13.4. The molecule has 3 aromatic carbocycles. The first kappa shape index (κ1) is 15.1. The topological polar surface area (TPSA) is 37.4 Å². The lowest BCUT2D eigenvalue weighted by molar-refractivity contribution is -0.131. The molecule has 25 heavy (non-hydrogen) atoms. The minimum atomic E-state index is -0.524. The number of hydrogen-bond donors (Lipinski definition) is 0. The highest BCUT2D eigenvalue weighted by atomic mass is 16.2. The second kappa shape index (κ2) is 6.21. The van der Waals surface area contributed by atoms with E-state index in [-0.39, 0.29) is 0 Å². The number of para-hydroxylation sites is 1. The number of anilines is 1. The molecule has 0 saturated heterocycles. The molecule has 1 aliphatic rings. The van der Waals surface area contributed by atoms with Gasteiger partial charge in [-0.2, -0.15) is 0 Å². The Kier molecular flexibility index (Phi) is 3.75. The molecule has 0 saturated carbocycles. The maximum atomic E-state index is 12.8. The molecule has 1 amide bonds. The fraction of sp³-hybridized carbons (Fsp3) is 0. The first-order valence-corrected chi connectivity index (χ1v) is 8.06. The number of Topliss-reactive ketones (excluding diaryl/α,β-unsaturated/α-hetero) is 1. The number of carbonyl (C=O) groups is 2. The average molecular weight is 325 g/mol. The van der Waals surface area contributed by atoms with Crippen LogP contribution in [-0.4, -0.2) is 11.7 Å². The normalized spacial score (nSPS) is 14.3. The molecule has 0 N–H and O–H groups in total. The number of nitrogens with zero attached hydrogens (tertiary/aromatic N) is 1. The third-order valence-electron chi connectivity index (χ3n) is 4.21. The van der Waals surface area contributed by atoms with Crippen molar-refractivity contribution in [3.05, 3.63) is 102 Å². The molecule has 0 bridgehead atoms. The molecule has 0 fully saturated rings. The highest BCUT2D eigenvalue weighted by Crippen LogP contribution is 2.39. The smallest absolute Gasteiger partial charge is 0.283 e. The summed E-state index contributed by atoms with van der Waals surface area (Å²) in [6, 6.07) is 28.2. The van der Waals surface area contributed by atoms with Gasteiger partial charge in [0.05, 0.1) is 11.3 Å². The molecule has 0 aliphatic carbocycles. The summed E-state index contributed by atoms with van der Waals surface area (Å²) >= 11 is 0. The third-order valence-corrected chi connectivity index (χ3v) is 4.21. The summed E-state index contributed by atoms with van der Waals surface area (Å²) in [5.74, 6) is -1.00. The van der Waals surface area contributed by atoms with Gasteiger partial charge in [-0.3, -0.25) is 14.5 Å². The van der Waals surface area contributed by atoms with Crippen LogP contribution in [0.25, 0.3) is 11.3 Å². The predicted octanol–water partition coefficient (Wildman–Crippen LogP) is 4.17. The second-order valence-electron chi connectivity index (χ2n) is 5.76. The lowest BCUT2D eigenvalue weighted by Gasteiger charge is -2.20. The lowest BCUT2D eigenvalue weighted by atomic mass is 9.99. The van der Waals surface area contributed by atoms with Crippen molar-refractivity contribution in [2.24, 2.45) is 0 Å². The molecule has 0 unspecified atom stereocenters. The number of amides is 1. The molecule has 3 aromatic rings. The molecule has 0 atom stereocenters. The number of rotatable bonds is 3. The molecule has 120 valence electrons. The second-order valence-corrected chi connectivity index (χ2v) is 5.76. The zero-order valence-corrected chi connectivity index (χ0v) is 13.4. The van der Waals surface area contributed by atoms with Crippen LogP contribution >= 0.6 is 0 Å². The van der Waals surface area contributed by atoms with E-state index in [0.717, 1.165) is 11.1 Å². The summed E-state index contributed by atoms with van der Waals surface area (Å²) in [7, 11) is 0. The van der Waals surface area contributed by atoms with E-state index in [2.05, 4.69) is 0 Å². The van der Waals surface area contributed by atoms with E-state index < -0.39 is 11.7 Å². The van der Waals surface area contributed by atoms with Crippen molar-refractivity contribution in [3.63, 3.8) is 0 Å². The van der Waals surface area contributed by atoms with Crippen molar-refractivity contribution >= 4 is 28.6 Å². The minimum absolute atomic E-state index is 0.445. The van der Waals surface area contributed by atoms with Crippen LogP contribution in [-0.2, 0) is 9.59 Å². The summed E-state index contributed by atoms with van der Waals surface area (Å²) in [5, 5.41) is 0. The molecule has 0 aromatic heterocycles. The minimum Gasteiger partial charge on any atom is -0.283 e. The Morgan fingerprint density at radius 2 is 1.04 bits per heavy atom. The standard InChI is InChI=1S/C22H15NO2/c24-21-19(16-10-4-1-5-11-16)20(17-12-6-2-7-13-17)23(22(21)25)18-14-8-3-9-15-18/h1-15H. The summed E-state index contributed by atoms with van der Waals surface area (Å²) in [6.07, 6.45) is 0. The predicted molar refractivity (Wildman–Crippen MR) is 98.6 cm³/mol. The van der Waals surface area contributed by atoms with Crippen LogP contribution in [0, 0.1) is 0 Å². The lowest BCUT2D eigenvalue weighted by Crippen LogP contribution is -2.28. The summed E-state index contributed by atoms with van der Waals surface area (Å²) < 4.78 is 0. The Labute approximate surface area is 145 Å². The highest BCUT2D eigenvalue weighted by Gasteiger charge is 2.40. The summed E-state index contributed by atoms with van der Waals surface area (Å²) in [6.45, 7) is 0. The number of hydrogen-bond acceptors (Lipinski definition) is 2. The van der Waals surface area contributed by atoms with Crippen molar-refractivity contribution < 1.29 is 9.59 Å². The van der Waals surface area contributed by atoms with Gasteiger partial charge in [-0.15, -0.1) is 0 Å². The van der Waals surface area contributed by atoms with Gasteiger partial charge in [0.15, 0.2) is 0 Å². The third kappa shape index (κ3) is 2.56. The van der Waals surface area contributed by atoms with Crippen LogP contribution in [0.1, 0.15) is 11.1 Å². The van der Waals surface area contributed by atoms with Gasteiger partial charge in [-0.05, 0) is 23.3 Å². The number of ketones is 1. The van der Waals surface area contributed by atoms with Crippen LogP contribution in [0.4, 0.5) is 5.69 Å². The zero-order chi connectivity index (χ0) is 17.2.